The van der Waals surface area contributed by atoms with Gasteiger partial charge in [-0.3, -0.25) is 9.69 Å². The summed E-state index contributed by atoms with van der Waals surface area (Å²) in [5, 5.41) is 6.07. The summed E-state index contributed by atoms with van der Waals surface area (Å²) in [4.78, 5) is 19.5. The Bertz CT molecular complexity index is 989. The summed E-state index contributed by atoms with van der Waals surface area (Å²) in [6.45, 7) is 6.28. The van der Waals surface area contributed by atoms with Crippen LogP contribution in [0.5, 0.6) is 0 Å². The largest absolute Gasteiger partial charge is 0.376 e. The summed E-state index contributed by atoms with van der Waals surface area (Å²) in [5.41, 5.74) is 4.46. The SMILES string of the molecule is CC1CN(Cc2cccc(CNC(=O)Cc3csc(Cc4ccccc4)n3)c2)CCO1. The third-order valence-electron chi connectivity index (χ3n) is 5.35. The van der Waals surface area contributed by atoms with E-state index in [2.05, 4.69) is 58.5 Å². The second kappa shape index (κ2) is 10.7. The van der Waals surface area contributed by atoms with Crippen molar-refractivity contribution >= 4 is 17.2 Å². The van der Waals surface area contributed by atoms with Gasteiger partial charge >= 0.3 is 0 Å². The van der Waals surface area contributed by atoms with Gasteiger partial charge in [0.25, 0.3) is 0 Å². The predicted octanol–water partition coefficient (Wildman–Crippen LogP) is 3.81. The molecule has 2 heterocycles. The highest BCUT2D eigenvalue weighted by molar-refractivity contribution is 7.09. The highest BCUT2D eigenvalue weighted by atomic mass is 32.1. The number of benzene rings is 2. The molecule has 1 aromatic heterocycles. The van der Waals surface area contributed by atoms with E-state index in [1.54, 1.807) is 11.3 Å². The number of carbonyl (C=O) groups is 1. The molecular weight excluding hydrogens is 406 g/mol. The molecule has 1 fully saturated rings. The van der Waals surface area contributed by atoms with Crippen molar-refractivity contribution in [3.63, 3.8) is 0 Å². The lowest BCUT2D eigenvalue weighted by Gasteiger charge is -2.31. The lowest BCUT2D eigenvalue weighted by molar-refractivity contribution is -0.120. The van der Waals surface area contributed by atoms with Gasteiger partial charge in [-0.2, -0.15) is 0 Å². The van der Waals surface area contributed by atoms with Gasteiger partial charge in [0, 0.05) is 38.0 Å². The molecule has 1 aliphatic heterocycles. The Labute approximate surface area is 188 Å². The monoisotopic (exact) mass is 435 g/mol. The van der Waals surface area contributed by atoms with E-state index < -0.39 is 0 Å². The van der Waals surface area contributed by atoms with Crippen molar-refractivity contribution in [2.24, 2.45) is 0 Å². The fourth-order valence-corrected chi connectivity index (χ4v) is 4.67. The molecule has 162 valence electrons. The van der Waals surface area contributed by atoms with Gasteiger partial charge in [0.05, 0.1) is 29.8 Å². The van der Waals surface area contributed by atoms with E-state index in [0.29, 0.717) is 13.0 Å². The number of carbonyl (C=O) groups excluding carboxylic acids is 1. The van der Waals surface area contributed by atoms with Crippen LogP contribution in [0.15, 0.2) is 60.0 Å². The first-order valence-electron chi connectivity index (χ1n) is 10.8. The topological polar surface area (TPSA) is 54.5 Å². The Balaban J connectivity index is 1.25. The number of morpholine rings is 1. The number of hydrogen-bond donors (Lipinski definition) is 1. The summed E-state index contributed by atoms with van der Waals surface area (Å²) >= 11 is 1.61. The Morgan fingerprint density at radius 2 is 1.97 bits per heavy atom. The molecule has 3 aromatic rings. The quantitative estimate of drug-likeness (QED) is 0.585. The van der Waals surface area contributed by atoms with Crippen LogP contribution in [-0.2, 0) is 35.5 Å². The van der Waals surface area contributed by atoms with Crippen LogP contribution in [0, 0.1) is 0 Å². The number of hydrogen-bond acceptors (Lipinski definition) is 5. The first-order chi connectivity index (χ1) is 15.1. The lowest BCUT2D eigenvalue weighted by Crippen LogP contribution is -2.40. The van der Waals surface area contributed by atoms with E-state index in [0.717, 1.165) is 48.9 Å². The Hall–Kier alpha value is -2.54. The molecule has 1 aliphatic rings. The van der Waals surface area contributed by atoms with E-state index in [9.17, 15) is 4.79 Å². The van der Waals surface area contributed by atoms with E-state index in [1.807, 2.05) is 23.6 Å². The molecular formula is C25H29N3O2S. The third kappa shape index (κ3) is 6.72. The molecule has 0 bridgehead atoms. The van der Waals surface area contributed by atoms with E-state index in [4.69, 9.17) is 4.74 Å². The van der Waals surface area contributed by atoms with Gasteiger partial charge in [0.2, 0.25) is 5.91 Å². The van der Waals surface area contributed by atoms with E-state index >= 15 is 0 Å². The first-order valence-corrected chi connectivity index (χ1v) is 11.7. The molecule has 1 N–H and O–H groups in total. The molecule has 0 saturated carbocycles. The highest BCUT2D eigenvalue weighted by Crippen LogP contribution is 2.16. The van der Waals surface area contributed by atoms with Gasteiger partial charge in [0.15, 0.2) is 0 Å². The Morgan fingerprint density at radius 3 is 2.81 bits per heavy atom. The molecule has 5 nitrogen and oxygen atoms in total. The zero-order valence-electron chi connectivity index (χ0n) is 17.9. The highest BCUT2D eigenvalue weighted by Gasteiger charge is 2.16. The number of thiazole rings is 1. The standard InChI is InChI=1S/C25H29N3O2S/c1-19-16-28(10-11-30-19)17-22-9-5-8-21(12-22)15-26-24(29)14-23-18-31-25(27-23)13-20-6-3-2-4-7-20/h2-9,12,18-19H,10-11,13-17H2,1H3,(H,26,29). The molecule has 4 rings (SSSR count). The number of ether oxygens (including phenoxy) is 1. The summed E-state index contributed by atoms with van der Waals surface area (Å²) in [7, 11) is 0. The maximum absolute atomic E-state index is 12.4. The van der Waals surface area contributed by atoms with Crippen LogP contribution in [0.3, 0.4) is 0 Å². The van der Waals surface area contributed by atoms with Crippen LogP contribution >= 0.6 is 11.3 Å². The van der Waals surface area contributed by atoms with Crippen LogP contribution in [0.25, 0.3) is 0 Å². The Morgan fingerprint density at radius 1 is 1.16 bits per heavy atom. The molecule has 31 heavy (non-hydrogen) atoms. The van der Waals surface area contributed by atoms with Crippen molar-refractivity contribution in [1.29, 1.82) is 0 Å². The van der Waals surface area contributed by atoms with Gasteiger partial charge < -0.3 is 10.1 Å². The van der Waals surface area contributed by atoms with Gasteiger partial charge in [-0.25, -0.2) is 4.98 Å². The summed E-state index contributed by atoms with van der Waals surface area (Å²) < 4.78 is 5.62. The minimum Gasteiger partial charge on any atom is -0.376 e. The van der Waals surface area contributed by atoms with Crippen molar-refractivity contribution in [3.8, 4) is 0 Å². The zero-order valence-corrected chi connectivity index (χ0v) is 18.7. The molecule has 6 heteroatoms. The molecule has 2 aromatic carbocycles. The van der Waals surface area contributed by atoms with E-state index in [-0.39, 0.29) is 12.0 Å². The molecule has 1 saturated heterocycles. The minimum absolute atomic E-state index is 0.00367. The number of amides is 1. The fraction of sp³-hybridized carbons (Fsp3) is 0.360. The van der Waals surface area contributed by atoms with Crippen molar-refractivity contribution in [1.82, 2.24) is 15.2 Å². The van der Waals surface area contributed by atoms with Crippen molar-refractivity contribution in [2.75, 3.05) is 19.7 Å². The molecule has 1 amide bonds. The van der Waals surface area contributed by atoms with Crippen LogP contribution in [-0.4, -0.2) is 41.6 Å². The maximum Gasteiger partial charge on any atom is 0.226 e. The number of nitrogens with zero attached hydrogens (tertiary/aromatic N) is 2. The maximum atomic E-state index is 12.4. The van der Waals surface area contributed by atoms with Crippen molar-refractivity contribution < 1.29 is 9.53 Å². The summed E-state index contributed by atoms with van der Waals surface area (Å²) in [6, 6.07) is 18.7. The van der Waals surface area contributed by atoms with Gasteiger partial charge in [0.1, 0.15) is 0 Å². The summed E-state index contributed by atoms with van der Waals surface area (Å²) in [5.74, 6) is 0.00367. The molecule has 0 spiro atoms. The second-order valence-electron chi connectivity index (χ2n) is 8.08. The molecule has 1 unspecified atom stereocenters. The zero-order chi connectivity index (χ0) is 21.5. The molecule has 0 aliphatic carbocycles. The van der Waals surface area contributed by atoms with Crippen LogP contribution in [0.1, 0.15) is 34.3 Å². The van der Waals surface area contributed by atoms with Crippen molar-refractivity contribution in [2.45, 2.75) is 39.0 Å². The average molecular weight is 436 g/mol. The second-order valence-corrected chi connectivity index (χ2v) is 9.03. The molecule has 0 radical (unpaired) electrons. The number of aromatic nitrogens is 1. The van der Waals surface area contributed by atoms with Crippen LogP contribution in [0.4, 0.5) is 0 Å². The normalized spacial score (nSPS) is 16.9. The number of nitrogens with one attached hydrogen (secondary N) is 1. The van der Waals surface area contributed by atoms with Crippen LogP contribution < -0.4 is 5.32 Å². The smallest absolute Gasteiger partial charge is 0.226 e. The van der Waals surface area contributed by atoms with Gasteiger partial charge in [-0.05, 0) is 23.6 Å². The first kappa shape index (κ1) is 21.7. The fourth-order valence-electron chi connectivity index (χ4n) is 3.84. The number of rotatable bonds is 8. The minimum atomic E-state index is 0.00367. The lowest BCUT2D eigenvalue weighted by atomic mass is 10.1. The summed E-state index contributed by atoms with van der Waals surface area (Å²) in [6.07, 6.45) is 1.41. The Kier molecular flexibility index (Phi) is 7.46. The van der Waals surface area contributed by atoms with Gasteiger partial charge in [-0.1, -0.05) is 54.6 Å². The third-order valence-corrected chi connectivity index (χ3v) is 6.25. The van der Waals surface area contributed by atoms with Crippen molar-refractivity contribution in [3.05, 3.63) is 87.4 Å². The van der Waals surface area contributed by atoms with Gasteiger partial charge in [-0.15, -0.1) is 11.3 Å². The van der Waals surface area contributed by atoms with Crippen LogP contribution in [0.2, 0.25) is 0 Å². The van der Waals surface area contributed by atoms with E-state index in [1.165, 1.54) is 11.1 Å². The average Bonchev–Trinajstić information content (AvgIpc) is 3.20. The molecule has 1 atom stereocenters. The predicted molar refractivity (Wildman–Crippen MR) is 124 cm³/mol.